The number of halogens is 1. The molecular formula is C11H15FN2O2. The van der Waals surface area contributed by atoms with Gasteiger partial charge in [-0.3, -0.25) is 0 Å². The van der Waals surface area contributed by atoms with E-state index in [-0.39, 0.29) is 11.2 Å². The summed E-state index contributed by atoms with van der Waals surface area (Å²) in [6, 6.07) is 2.22. The molecule has 0 amide bonds. The van der Waals surface area contributed by atoms with Crippen molar-refractivity contribution >= 4 is 17.3 Å². The van der Waals surface area contributed by atoms with Gasteiger partial charge in [0, 0.05) is 5.54 Å². The minimum absolute atomic E-state index is 0.216. The average molecular weight is 226 g/mol. The molecule has 0 bridgehead atoms. The molecule has 4 nitrogen and oxygen atoms in total. The van der Waals surface area contributed by atoms with Crippen LogP contribution in [-0.2, 0) is 0 Å². The van der Waals surface area contributed by atoms with E-state index in [9.17, 15) is 9.18 Å². The molecule has 1 aromatic rings. The maximum absolute atomic E-state index is 13.4. The van der Waals surface area contributed by atoms with Crippen molar-refractivity contribution in [1.82, 2.24) is 0 Å². The minimum Gasteiger partial charge on any atom is -0.478 e. The van der Waals surface area contributed by atoms with Crippen LogP contribution in [0.25, 0.3) is 0 Å². The zero-order valence-corrected chi connectivity index (χ0v) is 9.47. The first-order chi connectivity index (χ1) is 7.20. The van der Waals surface area contributed by atoms with Crippen LogP contribution in [0.15, 0.2) is 12.1 Å². The van der Waals surface area contributed by atoms with Crippen molar-refractivity contribution in [3.63, 3.8) is 0 Å². The highest BCUT2D eigenvalue weighted by atomic mass is 19.1. The number of rotatable bonds is 2. The third-order valence-electron chi connectivity index (χ3n) is 1.88. The number of nitrogens with two attached hydrogens (primary N) is 1. The molecule has 88 valence electrons. The van der Waals surface area contributed by atoms with Gasteiger partial charge in [-0.25, -0.2) is 9.18 Å². The van der Waals surface area contributed by atoms with Crippen LogP contribution in [0.2, 0.25) is 0 Å². The molecule has 5 heteroatoms. The monoisotopic (exact) mass is 226 g/mol. The van der Waals surface area contributed by atoms with Crippen LogP contribution in [0, 0.1) is 5.82 Å². The molecule has 0 unspecified atom stereocenters. The molecule has 0 aromatic heterocycles. The van der Waals surface area contributed by atoms with Gasteiger partial charge < -0.3 is 16.2 Å². The fourth-order valence-corrected chi connectivity index (χ4v) is 1.27. The number of carbonyl (C=O) groups is 1. The summed E-state index contributed by atoms with van der Waals surface area (Å²) in [5.41, 5.74) is 5.57. The first-order valence-electron chi connectivity index (χ1n) is 4.81. The highest BCUT2D eigenvalue weighted by molar-refractivity contribution is 5.90. The lowest BCUT2D eigenvalue weighted by atomic mass is 10.1. The second-order valence-electron chi connectivity index (χ2n) is 4.60. The summed E-state index contributed by atoms with van der Waals surface area (Å²) in [6.45, 7) is 5.69. The number of anilines is 2. The molecule has 0 spiro atoms. The highest BCUT2D eigenvalue weighted by Crippen LogP contribution is 2.25. The summed E-state index contributed by atoms with van der Waals surface area (Å²) in [6.07, 6.45) is 0. The normalized spacial score (nSPS) is 11.2. The van der Waals surface area contributed by atoms with Crippen molar-refractivity contribution in [2.24, 2.45) is 0 Å². The lowest BCUT2D eigenvalue weighted by molar-refractivity contribution is 0.0692. The molecule has 0 saturated carbocycles. The number of hydrogen-bond acceptors (Lipinski definition) is 3. The van der Waals surface area contributed by atoms with E-state index >= 15 is 0 Å². The summed E-state index contributed by atoms with van der Waals surface area (Å²) >= 11 is 0. The van der Waals surface area contributed by atoms with Crippen LogP contribution in [0.1, 0.15) is 31.1 Å². The molecule has 0 heterocycles. The van der Waals surface area contributed by atoms with Gasteiger partial charge in [-0.05, 0) is 32.9 Å². The molecule has 0 fully saturated rings. The summed E-state index contributed by atoms with van der Waals surface area (Å²) in [5, 5.41) is 11.7. The quantitative estimate of drug-likeness (QED) is 0.676. The van der Waals surface area contributed by atoms with Crippen molar-refractivity contribution in [2.75, 3.05) is 11.1 Å². The Labute approximate surface area is 93.3 Å². The van der Waals surface area contributed by atoms with E-state index in [2.05, 4.69) is 5.32 Å². The fraction of sp³-hybridized carbons (Fsp3) is 0.364. The molecular weight excluding hydrogens is 211 g/mol. The van der Waals surface area contributed by atoms with E-state index in [0.29, 0.717) is 5.69 Å². The summed E-state index contributed by atoms with van der Waals surface area (Å²) < 4.78 is 13.4. The first-order valence-corrected chi connectivity index (χ1v) is 4.81. The summed E-state index contributed by atoms with van der Waals surface area (Å²) in [4.78, 5) is 10.7. The van der Waals surface area contributed by atoms with Gasteiger partial charge in [0.2, 0.25) is 0 Å². The second kappa shape index (κ2) is 4.00. The van der Waals surface area contributed by atoms with Crippen LogP contribution >= 0.6 is 0 Å². The van der Waals surface area contributed by atoms with E-state index < -0.39 is 17.3 Å². The van der Waals surface area contributed by atoms with Gasteiger partial charge in [-0.2, -0.15) is 0 Å². The minimum atomic E-state index is -1.33. The molecule has 1 aromatic carbocycles. The molecule has 0 saturated heterocycles. The number of nitrogens with one attached hydrogen (secondary N) is 1. The molecule has 1 rings (SSSR count). The number of aromatic carboxylic acids is 1. The van der Waals surface area contributed by atoms with Gasteiger partial charge in [0.15, 0.2) is 0 Å². The number of hydrogen-bond donors (Lipinski definition) is 3. The largest absolute Gasteiger partial charge is 0.478 e. The van der Waals surface area contributed by atoms with E-state index in [1.807, 2.05) is 20.8 Å². The van der Waals surface area contributed by atoms with Crippen molar-refractivity contribution in [2.45, 2.75) is 26.3 Å². The van der Waals surface area contributed by atoms with Crippen LogP contribution in [0.5, 0.6) is 0 Å². The molecule has 0 radical (unpaired) electrons. The molecule has 16 heavy (non-hydrogen) atoms. The molecule has 0 aliphatic carbocycles. The van der Waals surface area contributed by atoms with Crippen molar-refractivity contribution < 1.29 is 14.3 Å². The van der Waals surface area contributed by atoms with E-state index in [1.165, 1.54) is 0 Å². The maximum atomic E-state index is 13.4. The zero-order chi connectivity index (χ0) is 12.5. The lowest BCUT2D eigenvalue weighted by Gasteiger charge is -2.23. The smallest absolute Gasteiger partial charge is 0.338 e. The maximum Gasteiger partial charge on any atom is 0.338 e. The van der Waals surface area contributed by atoms with Crippen molar-refractivity contribution in [3.05, 3.63) is 23.5 Å². The van der Waals surface area contributed by atoms with E-state index in [4.69, 9.17) is 10.8 Å². The average Bonchev–Trinajstić information content (AvgIpc) is 2.07. The van der Waals surface area contributed by atoms with Crippen LogP contribution in [0.4, 0.5) is 15.8 Å². The molecule has 0 aliphatic heterocycles. The Morgan fingerprint density at radius 3 is 2.44 bits per heavy atom. The first kappa shape index (κ1) is 12.3. The van der Waals surface area contributed by atoms with E-state index in [0.717, 1.165) is 12.1 Å². The predicted octanol–water partition coefficient (Wildman–Crippen LogP) is 2.32. The van der Waals surface area contributed by atoms with Crippen molar-refractivity contribution in [3.8, 4) is 0 Å². The number of carboxylic acids is 1. The topological polar surface area (TPSA) is 75.3 Å². The van der Waals surface area contributed by atoms with Gasteiger partial charge >= 0.3 is 5.97 Å². The SMILES string of the molecule is CC(C)(C)Nc1cc(F)c(C(=O)O)cc1N. The van der Waals surface area contributed by atoms with Crippen LogP contribution in [0.3, 0.4) is 0 Å². The number of nitrogen functional groups attached to an aromatic ring is 1. The Morgan fingerprint density at radius 2 is 2.00 bits per heavy atom. The Hall–Kier alpha value is -1.78. The second-order valence-corrected chi connectivity index (χ2v) is 4.60. The fourth-order valence-electron chi connectivity index (χ4n) is 1.27. The summed E-state index contributed by atoms with van der Waals surface area (Å²) in [5.74, 6) is -2.13. The Bertz CT molecular complexity index is 425. The highest BCUT2D eigenvalue weighted by Gasteiger charge is 2.16. The van der Waals surface area contributed by atoms with Gasteiger partial charge in [0.05, 0.1) is 16.9 Å². The third kappa shape index (κ3) is 2.85. The van der Waals surface area contributed by atoms with Crippen LogP contribution < -0.4 is 11.1 Å². The zero-order valence-electron chi connectivity index (χ0n) is 9.47. The van der Waals surface area contributed by atoms with E-state index in [1.54, 1.807) is 0 Å². The lowest BCUT2D eigenvalue weighted by Crippen LogP contribution is -2.26. The Kier molecular flexibility index (Phi) is 3.07. The standard InChI is InChI=1S/C11H15FN2O2/c1-11(2,3)14-9-5-7(12)6(10(15)16)4-8(9)13/h4-5,14H,13H2,1-3H3,(H,15,16). The Balaban J connectivity index is 3.16. The van der Waals surface area contributed by atoms with Crippen LogP contribution in [-0.4, -0.2) is 16.6 Å². The van der Waals surface area contributed by atoms with Gasteiger partial charge in [0.1, 0.15) is 5.82 Å². The van der Waals surface area contributed by atoms with Gasteiger partial charge in [0.25, 0.3) is 0 Å². The third-order valence-corrected chi connectivity index (χ3v) is 1.88. The summed E-state index contributed by atoms with van der Waals surface area (Å²) in [7, 11) is 0. The molecule has 0 aliphatic rings. The number of benzene rings is 1. The molecule has 0 atom stereocenters. The van der Waals surface area contributed by atoms with Gasteiger partial charge in [-0.1, -0.05) is 0 Å². The molecule has 4 N–H and O–H groups in total. The predicted molar refractivity (Wildman–Crippen MR) is 61.1 cm³/mol. The Morgan fingerprint density at radius 1 is 1.44 bits per heavy atom. The number of carboxylic acid groups (broad SMARTS) is 1. The van der Waals surface area contributed by atoms with Gasteiger partial charge in [-0.15, -0.1) is 0 Å². The van der Waals surface area contributed by atoms with Crippen molar-refractivity contribution in [1.29, 1.82) is 0 Å².